The Balaban J connectivity index is 2.35. The molecule has 0 bridgehead atoms. The van der Waals surface area contributed by atoms with E-state index in [-0.39, 0.29) is 0 Å². The van der Waals surface area contributed by atoms with Crippen LogP contribution in [0.2, 0.25) is 0 Å². The van der Waals surface area contributed by atoms with Crippen molar-refractivity contribution in [3.63, 3.8) is 0 Å². The summed E-state index contributed by atoms with van der Waals surface area (Å²) >= 11 is 5.10. The number of nitrogen functional groups attached to an aromatic ring is 1. The number of nitrogens with zero attached hydrogens (tertiary/aromatic N) is 1. The summed E-state index contributed by atoms with van der Waals surface area (Å²) < 4.78 is 1.00. The molecule has 2 N–H and O–H groups in total. The first-order valence-corrected chi connectivity index (χ1v) is 6.43. The van der Waals surface area contributed by atoms with Gasteiger partial charge in [0, 0.05) is 16.8 Å². The van der Waals surface area contributed by atoms with Crippen molar-refractivity contribution in [3.8, 4) is 0 Å². The van der Waals surface area contributed by atoms with Crippen LogP contribution in [0.5, 0.6) is 0 Å². The van der Waals surface area contributed by atoms with E-state index in [1.54, 1.807) is 18.0 Å². The fraction of sp³-hybridized carbons (Fsp3) is 0.0833. The molecule has 0 saturated heterocycles. The number of halogens is 1. The van der Waals surface area contributed by atoms with E-state index >= 15 is 0 Å². The minimum Gasteiger partial charge on any atom is -0.398 e. The predicted octanol–water partition coefficient (Wildman–Crippen LogP) is 3.89. The molecule has 1 aromatic carbocycles. The van der Waals surface area contributed by atoms with Crippen molar-refractivity contribution >= 4 is 33.4 Å². The maximum Gasteiger partial charge on any atom is 0.115 e. The smallest absolute Gasteiger partial charge is 0.115 e. The third-order valence-corrected chi connectivity index (χ3v) is 4.34. The number of nitrogens with two attached hydrogens (primary N) is 1. The fourth-order valence-corrected chi connectivity index (χ4v) is 2.70. The summed E-state index contributed by atoms with van der Waals surface area (Å²) in [5, 5.41) is 0.955. The molecule has 0 unspecified atom stereocenters. The van der Waals surface area contributed by atoms with Gasteiger partial charge in [-0.15, -0.1) is 0 Å². The summed E-state index contributed by atoms with van der Waals surface area (Å²) in [6.45, 7) is 2.02. The van der Waals surface area contributed by atoms with E-state index in [9.17, 15) is 0 Å². The van der Waals surface area contributed by atoms with Gasteiger partial charge in [0.05, 0.1) is 4.47 Å². The summed E-state index contributed by atoms with van der Waals surface area (Å²) in [6, 6.07) is 9.81. The Kier molecular flexibility index (Phi) is 3.51. The second-order valence-electron chi connectivity index (χ2n) is 3.36. The van der Waals surface area contributed by atoms with Gasteiger partial charge in [0.1, 0.15) is 5.03 Å². The molecule has 1 aromatic heterocycles. The monoisotopic (exact) mass is 294 g/mol. The first-order chi connectivity index (χ1) is 7.68. The maximum absolute atomic E-state index is 5.87. The summed E-state index contributed by atoms with van der Waals surface area (Å²) in [4.78, 5) is 5.46. The Hall–Kier alpha value is -1.00. The Morgan fingerprint density at radius 3 is 2.81 bits per heavy atom. The minimum atomic E-state index is 0.817. The third kappa shape index (κ3) is 2.39. The maximum atomic E-state index is 5.87. The summed E-state index contributed by atoms with van der Waals surface area (Å²) in [5.41, 5.74) is 7.79. The molecule has 0 saturated carbocycles. The highest BCUT2D eigenvalue weighted by Gasteiger charge is 2.06. The van der Waals surface area contributed by atoms with Crippen LogP contribution < -0.4 is 5.73 Å². The van der Waals surface area contributed by atoms with E-state index in [1.165, 1.54) is 0 Å². The summed E-state index contributed by atoms with van der Waals surface area (Å²) in [7, 11) is 0. The van der Waals surface area contributed by atoms with Gasteiger partial charge in [-0.05, 0) is 52.7 Å². The molecule has 0 fully saturated rings. The topological polar surface area (TPSA) is 38.9 Å². The number of aromatic nitrogens is 1. The van der Waals surface area contributed by atoms with Crippen molar-refractivity contribution in [2.75, 3.05) is 5.73 Å². The second-order valence-corrected chi connectivity index (χ2v) is 5.25. The van der Waals surface area contributed by atoms with E-state index in [1.807, 2.05) is 31.2 Å². The minimum absolute atomic E-state index is 0.817. The standard InChI is InChI=1S/C12H11BrN2S/c1-8-10(14)5-2-6-11(8)16-12-9(13)4-3-7-15-12/h2-7H,14H2,1H3. The van der Waals surface area contributed by atoms with Crippen molar-refractivity contribution in [1.29, 1.82) is 0 Å². The van der Waals surface area contributed by atoms with Gasteiger partial charge in [-0.25, -0.2) is 4.98 Å². The highest BCUT2D eigenvalue weighted by molar-refractivity contribution is 9.10. The largest absolute Gasteiger partial charge is 0.398 e. The van der Waals surface area contributed by atoms with Crippen LogP contribution >= 0.6 is 27.7 Å². The van der Waals surface area contributed by atoms with Crippen LogP contribution in [0.1, 0.15) is 5.56 Å². The lowest BCUT2D eigenvalue weighted by Crippen LogP contribution is -1.91. The van der Waals surface area contributed by atoms with Gasteiger partial charge >= 0.3 is 0 Å². The molecule has 0 radical (unpaired) electrons. The van der Waals surface area contributed by atoms with Crippen LogP contribution in [-0.2, 0) is 0 Å². The third-order valence-electron chi connectivity index (χ3n) is 2.26. The second kappa shape index (κ2) is 4.89. The number of pyridine rings is 1. The lowest BCUT2D eigenvalue weighted by atomic mass is 10.2. The molecule has 0 amide bonds. The summed E-state index contributed by atoms with van der Waals surface area (Å²) in [6.07, 6.45) is 1.79. The fourth-order valence-electron chi connectivity index (χ4n) is 1.29. The lowest BCUT2D eigenvalue weighted by Gasteiger charge is -2.07. The van der Waals surface area contributed by atoms with E-state index < -0.39 is 0 Å². The molecule has 2 rings (SSSR count). The zero-order valence-electron chi connectivity index (χ0n) is 8.77. The van der Waals surface area contributed by atoms with Crippen LogP contribution in [-0.4, -0.2) is 4.98 Å². The van der Waals surface area contributed by atoms with Gasteiger partial charge in [0.2, 0.25) is 0 Å². The van der Waals surface area contributed by atoms with Gasteiger partial charge in [0.15, 0.2) is 0 Å². The molecule has 1 heterocycles. The van der Waals surface area contributed by atoms with Crippen molar-refractivity contribution in [3.05, 3.63) is 46.6 Å². The van der Waals surface area contributed by atoms with Gasteiger partial charge in [-0.3, -0.25) is 0 Å². The molecule has 2 nitrogen and oxygen atoms in total. The number of hydrogen-bond acceptors (Lipinski definition) is 3. The normalized spacial score (nSPS) is 10.4. The summed E-state index contributed by atoms with van der Waals surface area (Å²) in [5.74, 6) is 0. The SMILES string of the molecule is Cc1c(N)cccc1Sc1ncccc1Br. The van der Waals surface area contributed by atoms with E-state index in [0.29, 0.717) is 0 Å². The molecular weight excluding hydrogens is 284 g/mol. The van der Waals surface area contributed by atoms with E-state index in [4.69, 9.17) is 5.73 Å². The number of benzene rings is 1. The average Bonchev–Trinajstić information content (AvgIpc) is 2.28. The van der Waals surface area contributed by atoms with Crippen LogP contribution in [0, 0.1) is 6.92 Å². The lowest BCUT2D eigenvalue weighted by molar-refractivity contribution is 1.10. The first kappa shape index (κ1) is 11.5. The molecular formula is C12H11BrN2S. The Bertz CT molecular complexity index is 514. The van der Waals surface area contributed by atoms with Gasteiger partial charge in [0.25, 0.3) is 0 Å². The quantitative estimate of drug-likeness (QED) is 0.854. The van der Waals surface area contributed by atoms with Crippen molar-refractivity contribution < 1.29 is 0 Å². The molecule has 0 aliphatic carbocycles. The van der Waals surface area contributed by atoms with Gasteiger partial charge < -0.3 is 5.73 Å². The predicted molar refractivity (Wildman–Crippen MR) is 71.7 cm³/mol. The average molecular weight is 295 g/mol. The van der Waals surface area contributed by atoms with Crippen molar-refractivity contribution in [2.24, 2.45) is 0 Å². The highest BCUT2D eigenvalue weighted by atomic mass is 79.9. The molecule has 0 spiro atoms. The number of hydrogen-bond donors (Lipinski definition) is 1. The van der Waals surface area contributed by atoms with Crippen molar-refractivity contribution in [1.82, 2.24) is 4.98 Å². The van der Waals surface area contributed by atoms with Gasteiger partial charge in [-0.2, -0.15) is 0 Å². The zero-order valence-corrected chi connectivity index (χ0v) is 11.2. The Morgan fingerprint density at radius 2 is 2.06 bits per heavy atom. The van der Waals surface area contributed by atoms with Crippen LogP contribution in [0.25, 0.3) is 0 Å². The number of anilines is 1. The van der Waals surface area contributed by atoms with Crippen LogP contribution in [0.15, 0.2) is 50.9 Å². The highest BCUT2D eigenvalue weighted by Crippen LogP contribution is 2.34. The molecule has 0 aliphatic heterocycles. The van der Waals surface area contributed by atoms with Crippen molar-refractivity contribution in [2.45, 2.75) is 16.8 Å². The van der Waals surface area contributed by atoms with E-state index in [2.05, 4.69) is 27.0 Å². The molecule has 2 aromatic rings. The van der Waals surface area contributed by atoms with Crippen LogP contribution in [0.4, 0.5) is 5.69 Å². The zero-order chi connectivity index (χ0) is 11.5. The van der Waals surface area contributed by atoms with Gasteiger partial charge in [-0.1, -0.05) is 17.8 Å². The molecule has 82 valence electrons. The molecule has 4 heteroatoms. The first-order valence-electron chi connectivity index (χ1n) is 4.82. The number of rotatable bonds is 2. The van der Waals surface area contributed by atoms with E-state index in [0.717, 1.165) is 25.6 Å². The molecule has 0 atom stereocenters. The Labute approximate surface area is 107 Å². The van der Waals surface area contributed by atoms with Crippen LogP contribution in [0.3, 0.4) is 0 Å². The molecule has 16 heavy (non-hydrogen) atoms. The Morgan fingerprint density at radius 1 is 1.25 bits per heavy atom. The molecule has 0 aliphatic rings.